The molecule has 1 aliphatic heterocycles. The Balaban J connectivity index is 2.00. The first-order chi connectivity index (χ1) is 11.0. The number of likely N-dealkylation sites (tertiary alicyclic amines) is 1. The van der Waals surface area contributed by atoms with Crippen LogP contribution in [0.3, 0.4) is 0 Å². The zero-order valence-corrected chi connectivity index (χ0v) is 13.3. The molecule has 0 bridgehead atoms. The predicted octanol–water partition coefficient (Wildman–Crippen LogP) is 2.04. The number of benzene rings is 1. The number of methoxy groups -OCH3 is 2. The molecule has 23 heavy (non-hydrogen) atoms. The number of ether oxygens (including phenoxy) is 2. The fourth-order valence-electron chi connectivity index (χ4n) is 2.57. The number of hydrogen-bond donors (Lipinski definition) is 1. The number of piperidine rings is 1. The van der Waals surface area contributed by atoms with Gasteiger partial charge >= 0.3 is 5.97 Å². The lowest BCUT2D eigenvalue weighted by Crippen LogP contribution is -2.39. The maximum absolute atomic E-state index is 12.2. The molecule has 2 rings (SSSR count). The zero-order valence-electron chi connectivity index (χ0n) is 13.3. The Morgan fingerprint density at radius 2 is 1.91 bits per heavy atom. The molecule has 0 radical (unpaired) electrons. The Labute approximate surface area is 135 Å². The van der Waals surface area contributed by atoms with Crippen LogP contribution < -0.4 is 9.47 Å². The van der Waals surface area contributed by atoms with Crippen LogP contribution in [-0.2, 0) is 9.59 Å². The predicted molar refractivity (Wildman–Crippen MR) is 85.5 cm³/mol. The molecule has 1 N–H and O–H groups in total. The molecule has 1 fully saturated rings. The minimum atomic E-state index is -0.782. The van der Waals surface area contributed by atoms with Gasteiger partial charge in [0.05, 0.1) is 20.1 Å². The Morgan fingerprint density at radius 1 is 1.22 bits per heavy atom. The molecular weight excluding hydrogens is 298 g/mol. The van der Waals surface area contributed by atoms with Crippen LogP contribution in [-0.4, -0.2) is 49.2 Å². The van der Waals surface area contributed by atoms with Gasteiger partial charge in [-0.15, -0.1) is 0 Å². The first kappa shape index (κ1) is 16.9. The summed E-state index contributed by atoms with van der Waals surface area (Å²) in [4.78, 5) is 24.8. The van der Waals surface area contributed by atoms with Crippen molar-refractivity contribution in [2.24, 2.45) is 5.92 Å². The van der Waals surface area contributed by atoms with Gasteiger partial charge in [0.15, 0.2) is 0 Å². The van der Waals surface area contributed by atoms with Crippen LogP contribution in [0.1, 0.15) is 18.4 Å². The van der Waals surface area contributed by atoms with Gasteiger partial charge in [0.1, 0.15) is 11.5 Å². The van der Waals surface area contributed by atoms with Gasteiger partial charge in [-0.1, -0.05) is 0 Å². The van der Waals surface area contributed by atoms with Crippen LogP contribution in [0.25, 0.3) is 6.08 Å². The fraction of sp³-hybridized carbons (Fsp3) is 0.412. The molecule has 0 saturated carbocycles. The first-order valence-electron chi connectivity index (χ1n) is 7.47. The molecule has 1 aromatic carbocycles. The highest BCUT2D eigenvalue weighted by atomic mass is 16.5. The molecule has 6 nitrogen and oxygen atoms in total. The molecule has 0 unspecified atom stereocenters. The van der Waals surface area contributed by atoms with Gasteiger partial charge in [-0.05, 0) is 31.1 Å². The number of amides is 1. The standard InChI is InChI=1S/C17H21NO5/c1-22-14-5-3-12(15(11-14)23-2)4-6-16(19)18-9-7-13(8-10-18)17(20)21/h3-6,11,13H,7-10H2,1-2H3,(H,20,21)/b6-4+. The van der Waals surface area contributed by atoms with Crippen LogP contribution in [0, 0.1) is 5.92 Å². The minimum Gasteiger partial charge on any atom is -0.497 e. The Bertz CT molecular complexity index is 603. The summed E-state index contributed by atoms with van der Waals surface area (Å²) in [5.41, 5.74) is 0.780. The minimum absolute atomic E-state index is 0.119. The highest BCUT2D eigenvalue weighted by Crippen LogP contribution is 2.25. The van der Waals surface area contributed by atoms with Crippen LogP contribution in [0.2, 0.25) is 0 Å². The van der Waals surface area contributed by atoms with Crippen molar-refractivity contribution in [3.05, 3.63) is 29.8 Å². The van der Waals surface area contributed by atoms with Gasteiger partial charge in [0, 0.05) is 30.8 Å². The lowest BCUT2D eigenvalue weighted by molar-refractivity contribution is -0.144. The number of rotatable bonds is 5. The summed E-state index contributed by atoms with van der Waals surface area (Å²) >= 11 is 0. The average Bonchev–Trinajstić information content (AvgIpc) is 2.59. The summed E-state index contributed by atoms with van der Waals surface area (Å²) in [6.45, 7) is 0.944. The van der Waals surface area contributed by atoms with Gasteiger partial charge in [0.25, 0.3) is 0 Å². The molecule has 0 atom stereocenters. The molecular formula is C17H21NO5. The number of carbonyl (C=O) groups is 2. The van der Waals surface area contributed by atoms with Crippen LogP contribution in [0.15, 0.2) is 24.3 Å². The summed E-state index contributed by atoms with van der Waals surface area (Å²) in [5, 5.41) is 8.97. The van der Waals surface area contributed by atoms with E-state index in [2.05, 4.69) is 0 Å². The van der Waals surface area contributed by atoms with E-state index >= 15 is 0 Å². The van der Waals surface area contributed by atoms with Crippen molar-refractivity contribution < 1.29 is 24.2 Å². The van der Waals surface area contributed by atoms with E-state index in [0.29, 0.717) is 37.4 Å². The van der Waals surface area contributed by atoms with Gasteiger partial charge < -0.3 is 19.5 Å². The zero-order chi connectivity index (χ0) is 16.8. The number of nitrogens with zero attached hydrogens (tertiary/aromatic N) is 1. The second-order valence-electron chi connectivity index (χ2n) is 5.38. The quantitative estimate of drug-likeness (QED) is 0.841. The van der Waals surface area contributed by atoms with E-state index in [9.17, 15) is 9.59 Å². The van der Waals surface area contributed by atoms with E-state index in [1.165, 1.54) is 6.08 Å². The average molecular weight is 319 g/mol. The first-order valence-corrected chi connectivity index (χ1v) is 7.47. The number of aliphatic carboxylic acids is 1. The summed E-state index contributed by atoms with van der Waals surface area (Å²) in [6.07, 6.45) is 4.19. The van der Waals surface area contributed by atoms with E-state index in [1.807, 2.05) is 6.07 Å². The third kappa shape index (κ3) is 4.25. The molecule has 124 valence electrons. The van der Waals surface area contributed by atoms with E-state index in [1.54, 1.807) is 37.3 Å². The Kier molecular flexibility index (Phi) is 5.62. The molecule has 0 spiro atoms. The normalized spacial score (nSPS) is 15.7. The third-order valence-electron chi connectivity index (χ3n) is 4.00. The van der Waals surface area contributed by atoms with Gasteiger partial charge in [-0.25, -0.2) is 0 Å². The van der Waals surface area contributed by atoms with E-state index in [-0.39, 0.29) is 11.8 Å². The Hall–Kier alpha value is -2.50. The van der Waals surface area contributed by atoms with Gasteiger partial charge in [-0.2, -0.15) is 0 Å². The van der Waals surface area contributed by atoms with Gasteiger partial charge in [0.2, 0.25) is 5.91 Å². The number of carboxylic acid groups (broad SMARTS) is 1. The summed E-state index contributed by atoms with van der Waals surface area (Å²) in [6, 6.07) is 5.37. The second kappa shape index (κ2) is 7.67. The van der Waals surface area contributed by atoms with E-state index in [4.69, 9.17) is 14.6 Å². The molecule has 1 aliphatic rings. The molecule has 1 saturated heterocycles. The smallest absolute Gasteiger partial charge is 0.306 e. The lowest BCUT2D eigenvalue weighted by Gasteiger charge is -2.29. The van der Waals surface area contributed by atoms with Crippen molar-refractivity contribution in [3.63, 3.8) is 0 Å². The topological polar surface area (TPSA) is 76.1 Å². The molecule has 1 aromatic rings. The van der Waals surface area contributed by atoms with Crippen LogP contribution >= 0.6 is 0 Å². The molecule has 0 aliphatic carbocycles. The van der Waals surface area contributed by atoms with Crippen molar-refractivity contribution in [2.45, 2.75) is 12.8 Å². The lowest BCUT2D eigenvalue weighted by atomic mass is 9.97. The van der Waals surface area contributed by atoms with Crippen LogP contribution in [0.4, 0.5) is 0 Å². The summed E-state index contributed by atoms with van der Waals surface area (Å²) in [5.74, 6) is 0.0612. The SMILES string of the molecule is COc1ccc(/C=C/C(=O)N2CCC(C(=O)O)CC2)c(OC)c1. The monoisotopic (exact) mass is 319 g/mol. The van der Waals surface area contributed by atoms with Crippen molar-refractivity contribution in [1.29, 1.82) is 0 Å². The molecule has 1 amide bonds. The number of hydrogen-bond acceptors (Lipinski definition) is 4. The van der Waals surface area contributed by atoms with E-state index in [0.717, 1.165) is 5.56 Å². The number of carbonyl (C=O) groups excluding carboxylic acids is 1. The third-order valence-corrected chi connectivity index (χ3v) is 4.00. The van der Waals surface area contributed by atoms with Crippen molar-refractivity contribution in [3.8, 4) is 11.5 Å². The van der Waals surface area contributed by atoms with Crippen LogP contribution in [0.5, 0.6) is 11.5 Å². The maximum atomic E-state index is 12.2. The van der Waals surface area contributed by atoms with E-state index < -0.39 is 5.97 Å². The fourth-order valence-corrected chi connectivity index (χ4v) is 2.57. The molecule has 1 heterocycles. The Morgan fingerprint density at radius 3 is 2.48 bits per heavy atom. The maximum Gasteiger partial charge on any atom is 0.306 e. The molecule has 0 aromatic heterocycles. The molecule has 6 heteroatoms. The summed E-state index contributed by atoms with van der Waals surface area (Å²) < 4.78 is 10.4. The van der Waals surface area contributed by atoms with Crippen molar-refractivity contribution >= 4 is 18.0 Å². The van der Waals surface area contributed by atoms with Crippen molar-refractivity contribution in [1.82, 2.24) is 4.90 Å². The number of carboxylic acids is 1. The highest BCUT2D eigenvalue weighted by molar-refractivity contribution is 5.92. The second-order valence-corrected chi connectivity index (χ2v) is 5.38. The largest absolute Gasteiger partial charge is 0.497 e. The highest BCUT2D eigenvalue weighted by Gasteiger charge is 2.25. The summed E-state index contributed by atoms with van der Waals surface area (Å²) in [7, 11) is 3.14. The van der Waals surface area contributed by atoms with Gasteiger partial charge in [-0.3, -0.25) is 9.59 Å². The van der Waals surface area contributed by atoms with Crippen molar-refractivity contribution in [2.75, 3.05) is 27.3 Å².